The van der Waals surface area contributed by atoms with Crippen molar-refractivity contribution < 1.29 is 0 Å². The van der Waals surface area contributed by atoms with E-state index in [1.165, 1.54) is 44.8 Å². The Hall–Kier alpha value is -0.580. The third-order valence-electron chi connectivity index (χ3n) is 3.59. The number of piperazine rings is 1. The molecule has 0 atom stereocenters. The molecule has 1 aromatic carbocycles. The molecule has 1 heterocycles. The van der Waals surface area contributed by atoms with Gasteiger partial charge in [-0.1, -0.05) is 28.9 Å². The Morgan fingerprint density at radius 3 is 2.42 bits per heavy atom. The quantitative estimate of drug-likeness (QED) is 0.867. The lowest BCUT2D eigenvalue weighted by Gasteiger charge is -2.34. The molecule has 0 radical (unpaired) electrons. The van der Waals surface area contributed by atoms with Crippen molar-refractivity contribution in [3.63, 3.8) is 0 Å². The van der Waals surface area contributed by atoms with Crippen LogP contribution in [0.4, 0.5) is 5.69 Å². The van der Waals surface area contributed by atoms with Crippen LogP contribution in [0.2, 0.25) is 0 Å². The zero-order valence-corrected chi connectivity index (χ0v) is 13.3. The van der Waals surface area contributed by atoms with Crippen molar-refractivity contribution in [3.8, 4) is 0 Å². The van der Waals surface area contributed by atoms with Gasteiger partial charge in [-0.2, -0.15) is 0 Å². The molecule has 1 fully saturated rings. The van der Waals surface area contributed by atoms with E-state index >= 15 is 0 Å². The molecule has 0 aliphatic carbocycles. The number of hydrogen-bond acceptors (Lipinski definition) is 3. The zero-order valence-electron chi connectivity index (χ0n) is 11.7. The van der Waals surface area contributed by atoms with E-state index in [1.807, 2.05) is 0 Å². The highest BCUT2D eigenvalue weighted by Gasteiger charge is 2.15. The van der Waals surface area contributed by atoms with E-state index in [1.54, 1.807) is 0 Å². The maximum Gasteiger partial charge on any atom is 0.0351 e. The molecule has 0 amide bonds. The maximum absolute atomic E-state index is 3.50. The molecule has 0 spiro atoms. The fraction of sp³-hybridized carbons (Fsp3) is 0.600. The van der Waals surface area contributed by atoms with Crippen LogP contribution in [-0.4, -0.2) is 55.6 Å². The van der Waals surface area contributed by atoms with Crippen LogP contribution in [0.25, 0.3) is 0 Å². The molecule has 19 heavy (non-hydrogen) atoms. The summed E-state index contributed by atoms with van der Waals surface area (Å²) in [5, 5.41) is 3.48. The molecular weight excluding hydrogens is 302 g/mol. The molecule has 4 heteroatoms. The number of benzene rings is 1. The van der Waals surface area contributed by atoms with Crippen molar-refractivity contribution in [2.45, 2.75) is 13.3 Å². The first-order chi connectivity index (χ1) is 9.28. The average Bonchev–Trinajstić information content (AvgIpc) is 2.41. The average molecular weight is 326 g/mol. The minimum Gasteiger partial charge on any atom is -0.384 e. The van der Waals surface area contributed by atoms with Gasteiger partial charge < -0.3 is 10.2 Å². The largest absolute Gasteiger partial charge is 0.384 e. The van der Waals surface area contributed by atoms with Crippen molar-refractivity contribution in [1.82, 2.24) is 9.80 Å². The fourth-order valence-corrected chi connectivity index (χ4v) is 2.91. The summed E-state index contributed by atoms with van der Waals surface area (Å²) in [7, 11) is 0. The van der Waals surface area contributed by atoms with Crippen LogP contribution in [0, 0.1) is 0 Å². The van der Waals surface area contributed by atoms with E-state index in [0.29, 0.717) is 0 Å². The highest BCUT2D eigenvalue weighted by molar-refractivity contribution is 9.10. The lowest BCUT2D eigenvalue weighted by atomic mass is 10.3. The smallest absolute Gasteiger partial charge is 0.0351 e. The van der Waals surface area contributed by atoms with Gasteiger partial charge in [-0.05, 0) is 31.2 Å². The van der Waals surface area contributed by atoms with Crippen LogP contribution in [0.15, 0.2) is 28.7 Å². The molecule has 3 nitrogen and oxygen atoms in total. The fourth-order valence-electron chi connectivity index (χ4n) is 2.51. The van der Waals surface area contributed by atoms with Gasteiger partial charge in [-0.3, -0.25) is 4.90 Å². The van der Waals surface area contributed by atoms with E-state index in [9.17, 15) is 0 Å². The van der Waals surface area contributed by atoms with E-state index in [-0.39, 0.29) is 0 Å². The number of halogens is 1. The first-order valence-corrected chi connectivity index (χ1v) is 8.01. The second-order valence-corrected chi connectivity index (χ2v) is 6.04. The molecule has 1 saturated heterocycles. The van der Waals surface area contributed by atoms with Crippen LogP contribution in [0.3, 0.4) is 0 Å². The van der Waals surface area contributed by atoms with Crippen molar-refractivity contribution >= 4 is 21.6 Å². The van der Waals surface area contributed by atoms with Gasteiger partial charge in [-0.15, -0.1) is 0 Å². The van der Waals surface area contributed by atoms with Crippen LogP contribution in [-0.2, 0) is 0 Å². The second-order valence-electron chi connectivity index (χ2n) is 5.12. The van der Waals surface area contributed by atoms with Gasteiger partial charge in [0.05, 0.1) is 0 Å². The Kier molecular flexibility index (Phi) is 6.14. The van der Waals surface area contributed by atoms with E-state index in [0.717, 1.165) is 17.6 Å². The molecule has 0 unspecified atom stereocenters. The highest BCUT2D eigenvalue weighted by Crippen LogP contribution is 2.15. The molecule has 1 N–H and O–H groups in total. The molecule has 1 aliphatic rings. The Morgan fingerprint density at radius 2 is 1.79 bits per heavy atom. The van der Waals surface area contributed by atoms with Crippen molar-refractivity contribution in [1.29, 1.82) is 0 Å². The number of rotatable bonds is 6. The number of hydrogen-bond donors (Lipinski definition) is 1. The van der Waals surface area contributed by atoms with Crippen LogP contribution >= 0.6 is 15.9 Å². The van der Waals surface area contributed by atoms with E-state index < -0.39 is 0 Å². The first-order valence-electron chi connectivity index (χ1n) is 7.22. The summed E-state index contributed by atoms with van der Waals surface area (Å²) in [6.45, 7) is 10.5. The number of anilines is 1. The highest BCUT2D eigenvalue weighted by atomic mass is 79.9. The maximum atomic E-state index is 3.50. The Labute approximate surface area is 125 Å². The molecule has 1 aliphatic heterocycles. The van der Waals surface area contributed by atoms with Gasteiger partial charge in [0.1, 0.15) is 0 Å². The topological polar surface area (TPSA) is 18.5 Å². The minimum absolute atomic E-state index is 1.02. The van der Waals surface area contributed by atoms with E-state index in [2.05, 4.69) is 62.2 Å². The molecule has 1 aromatic rings. The van der Waals surface area contributed by atoms with Crippen LogP contribution < -0.4 is 5.32 Å². The monoisotopic (exact) mass is 325 g/mol. The molecule has 0 bridgehead atoms. The summed E-state index contributed by atoms with van der Waals surface area (Å²) in [4.78, 5) is 5.12. The van der Waals surface area contributed by atoms with Crippen LogP contribution in [0.5, 0.6) is 0 Å². The van der Waals surface area contributed by atoms with Gasteiger partial charge in [0, 0.05) is 49.4 Å². The van der Waals surface area contributed by atoms with Gasteiger partial charge >= 0.3 is 0 Å². The van der Waals surface area contributed by atoms with Crippen molar-refractivity contribution in [2.75, 3.05) is 51.1 Å². The lowest BCUT2D eigenvalue weighted by Crippen LogP contribution is -2.47. The Bertz CT molecular complexity index is 375. The third-order valence-corrected chi connectivity index (χ3v) is 4.08. The summed E-state index contributed by atoms with van der Waals surface area (Å²) in [5.41, 5.74) is 1.19. The number of nitrogens with one attached hydrogen (secondary N) is 1. The molecule has 0 saturated carbocycles. The third kappa shape index (κ3) is 5.13. The standard InChI is InChI=1S/C15H24BrN3/c1-2-7-18-9-11-19(12-10-18)8-6-17-15-5-3-4-14(16)13-15/h3-5,13,17H,2,6-12H2,1H3. The van der Waals surface area contributed by atoms with Crippen molar-refractivity contribution in [3.05, 3.63) is 28.7 Å². The Morgan fingerprint density at radius 1 is 1.11 bits per heavy atom. The SMILES string of the molecule is CCCN1CCN(CCNc2cccc(Br)c2)CC1. The predicted molar refractivity (Wildman–Crippen MR) is 85.8 cm³/mol. The van der Waals surface area contributed by atoms with Crippen LogP contribution in [0.1, 0.15) is 13.3 Å². The molecule has 0 aromatic heterocycles. The molecular formula is C15H24BrN3. The lowest BCUT2D eigenvalue weighted by molar-refractivity contribution is 0.136. The van der Waals surface area contributed by atoms with Crippen molar-refractivity contribution in [2.24, 2.45) is 0 Å². The summed E-state index contributed by atoms with van der Waals surface area (Å²) in [6.07, 6.45) is 1.27. The van der Waals surface area contributed by atoms with Gasteiger partial charge in [0.25, 0.3) is 0 Å². The van der Waals surface area contributed by atoms with E-state index in [4.69, 9.17) is 0 Å². The van der Waals surface area contributed by atoms with Gasteiger partial charge in [-0.25, -0.2) is 0 Å². The summed E-state index contributed by atoms with van der Waals surface area (Å²) in [6, 6.07) is 8.36. The van der Waals surface area contributed by atoms with Gasteiger partial charge in [0.2, 0.25) is 0 Å². The summed E-state index contributed by atoms with van der Waals surface area (Å²) in [5.74, 6) is 0. The Balaban J connectivity index is 1.64. The summed E-state index contributed by atoms with van der Waals surface area (Å²) >= 11 is 3.50. The van der Waals surface area contributed by atoms with Gasteiger partial charge in [0.15, 0.2) is 0 Å². The first kappa shape index (κ1) is 14.8. The minimum atomic E-state index is 1.02. The second kappa shape index (κ2) is 7.88. The number of nitrogens with zero attached hydrogens (tertiary/aromatic N) is 2. The normalized spacial score (nSPS) is 17.6. The molecule has 106 valence electrons. The zero-order chi connectivity index (χ0) is 13.5. The summed E-state index contributed by atoms with van der Waals surface area (Å²) < 4.78 is 1.13. The molecule has 2 rings (SSSR count). The predicted octanol–water partition coefficient (Wildman–Crippen LogP) is 2.89.